The number of ether oxygens (including phenoxy) is 3. The lowest BCUT2D eigenvalue weighted by Crippen LogP contribution is -2.30. The van der Waals surface area contributed by atoms with Crippen LogP contribution < -0.4 is 0 Å². The van der Waals surface area contributed by atoms with E-state index >= 15 is 0 Å². The Hall–Kier alpha value is -2.89. The summed E-state index contributed by atoms with van der Waals surface area (Å²) in [6.45, 7) is 6.50. The molecule has 0 aromatic heterocycles. The van der Waals surface area contributed by atoms with E-state index in [9.17, 15) is 14.4 Å². The highest BCUT2D eigenvalue weighted by molar-refractivity contribution is 5.71. The quantitative estimate of drug-likeness (QED) is 0.0261. The van der Waals surface area contributed by atoms with E-state index < -0.39 is 6.10 Å². The van der Waals surface area contributed by atoms with E-state index in [1.165, 1.54) is 212 Å². The Balaban J connectivity index is 4.16. The molecule has 0 spiro atoms. The van der Waals surface area contributed by atoms with Crippen LogP contribution in [0.1, 0.15) is 361 Å². The number of carbonyl (C=O) groups is 3. The largest absolute Gasteiger partial charge is 0.462 e. The van der Waals surface area contributed by atoms with Gasteiger partial charge in [0.2, 0.25) is 0 Å². The molecule has 6 heteroatoms. The number of unbranched alkanes of at least 4 members (excludes halogenated alkanes) is 42. The second kappa shape index (κ2) is 66.6. The molecule has 0 heterocycles. The van der Waals surface area contributed by atoms with Crippen molar-refractivity contribution >= 4 is 17.9 Å². The van der Waals surface area contributed by atoms with Crippen molar-refractivity contribution in [1.82, 2.24) is 0 Å². The van der Waals surface area contributed by atoms with Crippen LogP contribution >= 0.6 is 0 Å². The SMILES string of the molecule is CC/C=C\C/C=C\C/C=C\CCCCCCCCCC(=O)OC(COC(=O)CCCCCCC/C=C\C/C=C\CCC)COC(=O)CCCCCCCCCCCCCCCCCCCCCCCCCCCCCCCC. The van der Waals surface area contributed by atoms with E-state index in [0.29, 0.717) is 19.3 Å². The fourth-order valence-corrected chi connectivity index (χ4v) is 10.1. The second-order valence-corrected chi connectivity index (χ2v) is 23.1. The highest BCUT2D eigenvalue weighted by Gasteiger charge is 2.19. The third-order valence-electron chi connectivity index (χ3n) is 15.2. The highest BCUT2D eigenvalue weighted by Crippen LogP contribution is 2.18. The number of hydrogen-bond donors (Lipinski definition) is 0. The van der Waals surface area contributed by atoms with Gasteiger partial charge in [-0.05, 0) is 77.0 Å². The summed E-state index contributed by atoms with van der Waals surface area (Å²) in [5.74, 6) is -0.886. The molecule has 0 fully saturated rings. The predicted molar refractivity (Wildman–Crippen MR) is 339 cm³/mol. The average Bonchev–Trinajstić information content (AvgIpc) is 3.44. The van der Waals surface area contributed by atoms with E-state index in [2.05, 4.69) is 81.5 Å². The summed E-state index contributed by atoms with van der Waals surface area (Å²) in [6, 6.07) is 0. The molecule has 0 saturated heterocycles. The van der Waals surface area contributed by atoms with Crippen LogP contribution in [-0.4, -0.2) is 37.2 Å². The van der Waals surface area contributed by atoms with Crippen molar-refractivity contribution in [1.29, 1.82) is 0 Å². The summed E-state index contributed by atoms with van der Waals surface area (Å²) in [6.07, 6.45) is 85.5. The average molecular weight is 1090 g/mol. The number of hydrogen-bond acceptors (Lipinski definition) is 6. The molecule has 1 atom stereocenters. The lowest BCUT2D eigenvalue weighted by atomic mass is 10.0. The molecule has 0 amide bonds. The minimum absolute atomic E-state index is 0.0799. The van der Waals surface area contributed by atoms with Crippen LogP contribution in [0.3, 0.4) is 0 Å². The van der Waals surface area contributed by atoms with Crippen LogP contribution in [0.5, 0.6) is 0 Å². The zero-order chi connectivity index (χ0) is 56.4. The summed E-state index contributed by atoms with van der Waals surface area (Å²) in [5.41, 5.74) is 0. The standard InChI is InChI=1S/C72H130O6/c1-4-7-10-13-16-19-22-25-27-29-30-31-32-33-34-35-36-37-38-39-40-41-43-44-47-50-53-56-59-62-65-71(74)77-68-69(67-76-70(73)64-61-58-55-52-49-46-24-21-18-15-12-9-6-3)78-72(75)66-63-60-57-54-51-48-45-42-28-26-23-20-17-14-11-8-5-2/h8,11-12,15,17,20-21,24,26,28,69H,4-7,9-10,13-14,16,18-19,22-23,25,27,29-68H2,1-3H3/b11-8-,15-12-,20-17-,24-21-,28-26-. The van der Waals surface area contributed by atoms with Gasteiger partial charge in [0.05, 0.1) is 0 Å². The van der Waals surface area contributed by atoms with Gasteiger partial charge in [0.25, 0.3) is 0 Å². The van der Waals surface area contributed by atoms with Crippen molar-refractivity contribution < 1.29 is 28.6 Å². The highest BCUT2D eigenvalue weighted by atomic mass is 16.6. The molecule has 0 saturated carbocycles. The Morgan fingerprint density at radius 3 is 0.833 bits per heavy atom. The van der Waals surface area contributed by atoms with Crippen molar-refractivity contribution in [2.75, 3.05) is 13.2 Å². The molecule has 1 unspecified atom stereocenters. The Kier molecular flexibility index (Phi) is 64.2. The normalized spacial score (nSPS) is 12.4. The van der Waals surface area contributed by atoms with Gasteiger partial charge in [-0.1, -0.05) is 326 Å². The Morgan fingerprint density at radius 2 is 0.526 bits per heavy atom. The number of rotatable bonds is 63. The first-order valence-corrected chi connectivity index (χ1v) is 34.3. The second-order valence-electron chi connectivity index (χ2n) is 23.1. The molecule has 0 radical (unpaired) electrons. The summed E-state index contributed by atoms with van der Waals surface area (Å²) < 4.78 is 16.9. The van der Waals surface area contributed by atoms with E-state index in [1.54, 1.807) is 0 Å². The van der Waals surface area contributed by atoms with Crippen molar-refractivity contribution in [3.63, 3.8) is 0 Å². The summed E-state index contributed by atoms with van der Waals surface area (Å²) >= 11 is 0. The van der Waals surface area contributed by atoms with E-state index in [4.69, 9.17) is 14.2 Å². The van der Waals surface area contributed by atoms with E-state index in [0.717, 1.165) is 109 Å². The predicted octanol–water partition coefficient (Wildman–Crippen LogP) is 23.5. The molecule has 454 valence electrons. The molecular formula is C72H130O6. The fraction of sp³-hybridized carbons (Fsp3) is 0.819. The first-order valence-electron chi connectivity index (χ1n) is 34.3. The third kappa shape index (κ3) is 63.9. The number of carbonyl (C=O) groups excluding carboxylic acids is 3. The molecule has 0 aliphatic carbocycles. The maximum absolute atomic E-state index is 12.9. The van der Waals surface area contributed by atoms with Gasteiger partial charge >= 0.3 is 17.9 Å². The maximum Gasteiger partial charge on any atom is 0.306 e. The van der Waals surface area contributed by atoms with Crippen LogP contribution in [0.25, 0.3) is 0 Å². The van der Waals surface area contributed by atoms with Crippen molar-refractivity contribution in [2.24, 2.45) is 0 Å². The van der Waals surface area contributed by atoms with Crippen molar-refractivity contribution in [2.45, 2.75) is 367 Å². The van der Waals surface area contributed by atoms with Gasteiger partial charge in [-0.3, -0.25) is 14.4 Å². The zero-order valence-electron chi connectivity index (χ0n) is 52.2. The van der Waals surface area contributed by atoms with Crippen molar-refractivity contribution in [3.8, 4) is 0 Å². The lowest BCUT2D eigenvalue weighted by molar-refractivity contribution is -0.167. The van der Waals surface area contributed by atoms with Gasteiger partial charge in [0, 0.05) is 19.3 Å². The topological polar surface area (TPSA) is 78.9 Å². The van der Waals surface area contributed by atoms with Crippen LogP contribution in [0.4, 0.5) is 0 Å². The number of allylic oxidation sites excluding steroid dienone is 10. The van der Waals surface area contributed by atoms with Crippen molar-refractivity contribution in [3.05, 3.63) is 60.8 Å². The minimum Gasteiger partial charge on any atom is -0.462 e. The van der Waals surface area contributed by atoms with Gasteiger partial charge in [-0.2, -0.15) is 0 Å². The summed E-state index contributed by atoms with van der Waals surface area (Å²) in [7, 11) is 0. The molecule has 0 rings (SSSR count). The number of esters is 3. The van der Waals surface area contributed by atoms with Gasteiger partial charge in [-0.15, -0.1) is 0 Å². The molecule has 0 aromatic carbocycles. The molecule has 0 aliphatic heterocycles. The van der Waals surface area contributed by atoms with E-state index in [1.807, 2.05) is 0 Å². The van der Waals surface area contributed by atoms with E-state index in [-0.39, 0.29) is 31.1 Å². The molecule has 6 nitrogen and oxygen atoms in total. The first kappa shape index (κ1) is 75.1. The fourth-order valence-electron chi connectivity index (χ4n) is 10.1. The Bertz CT molecular complexity index is 1390. The molecule has 0 N–H and O–H groups in total. The molecule has 78 heavy (non-hydrogen) atoms. The third-order valence-corrected chi connectivity index (χ3v) is 15.2. The maximum atomic E-state index is 12.9. The molecule has 0 bridgehead atoms. The monoisotopic (exact) mass is 1090 g/mol. The van der Waals surface area contributed by atoms with Crippen LogP contribution in [0.2, 0.25) is 0 Å². The molecule has 0 aromatic rings. The smallest absolute Gasteiger partial charge is 0.306 e. The molecule has 0 aliphatic rings. The van der Waals surface area contributed by atoms with Gasteiger partial charge in [0.1, 0.15) is 13.2 Å². The van der Waals surface area contributed by atoms with Crippen LogP contribution in [0, 0.1) is 0 Å². The summed E-state index contributed by atoms with van der Waals surface area (Å²) in [5, 5.41) is 0. The first-order chi connectivity index (χ1) is 38.5. The van der Waals surface area contributed by atoms with Gasteiger partial charge in [0.15, 0.2) is 6.10 Å². The van der Waals surface area contributed by atoms with Crippen LogP contribution in [-0.2, 0) is 28.6 Å². The summed E-state index contributed by atoms with van der Waals surface area (Å²) in [4.78, 5) is 38.3. The zero-order valence-corrected chi connectivity index (χ0v) is 52.2. The Labute approximate surface area is 485 Å². The Morgan fingerprint density at radius 1 is 0.269 bits per heavy atom. The molecular weight excluding hydrogens is 961 g/mol. The van der Waals surface area contributed by atoms with Gasteiger partial charge in [-0.25, -0.2) is 0 Å². The van der Waals surface area contributed by atoms with Gasteiger partial charge < -0.3 is 14.2 Å². The lowest BCUT2D eigenvalue weighted by Gasteiger charge is -2.18. The minimum atomic E-state index is -0.785. The van der Waals surface area contributed by atoms with Crippen LogP contribution in [0.15, 0.2) is 60.8 Å².